The largest absolute Gasteiger partial charge is 0.446 e. The molecule has 82 valence electrons. The van der Waals surface area contributed by atoms with Gasteiger partial charge in [-0.05, 0) is 23.9 Å². The number of alkyl halides is 3. The Hall–Kier alpha value is -1.17. The lowest BCUT2D eigenvalue weighted by Crippen LogP contribution is -2.08. The first kappa shape index (κ1) is 11.9. The van der Waals surface area contributed by atoms with Gasteiger partial charge in [-0.1, -0.05) is 12.2 Å². The molecule has 15 heavy (non-hydrogen) atoms. The molecule has 1 aliphatic rings. The maximum Gasteiger partial charge on any atom is 0.446 e. The summed E-state index contributed by atoms with van der Waals surface area (Å²) in [5.41, 5.74) is -3.72. The molecule has 0 aromatic rings. The Balaban J connectivity index is 2.71. The predicted octanol–water partition coefficient (Wildman–Crippen LogP) is 2.71. The van der Waals surface area contributed by atoms with E-state index in [-0.39, 0.29) is 16.7 Å². The van der Waals surface area contributed by atoms with Gasteiger partial charge in [-0.3, -0.25) is 4.79 Å². The van der Waals surface area contributed by atoms with Crippen molar-refractivity contribution in [2.45, 2.75) is 11.9 Å². The maximum atomic E-state index is 12.0. The van der Waals surface area contributed by atoms with Crippen LogP contribution in [0.1, 0.15) is 6.42 Å². The Morgan fingerprint density at radius 1 is 1.40 bits per heavy atom. The van der Waals surface area contributed by atoms with E-state index >= 15 is 0 Å². The first-order chi connectivity index (χ1) is 7.01. The summed E-state index contributed by atoms with van der Waals surface area (Å²) in [5.74, 6) is 0. The normalized spacial score (nSPS) is 16.5. The summed E-state index contributed by atoms with van der Waals surface area (Å²) < 4.78 is 36.0. The zero-order valence-electron chi connectivity index (χ0n) is 7.54. The van der Waals surface area contributed by atoms with E-state index in [1.165, 1.54) is 18.2 Å². The first-order valence-electron chi connectivity index (χ1n) is 4.04. The van der Waals surface area contributed by atoms with Crippen molar-refractivity contribution in [1.29, 1.82) is 0 Å². The van der Waals surface area contributed by atoms with Crippen LogP contribution in [0.4, 0.5) is 13.2 Å². The van der Waals surface area contributed by atoms with Crippen LogP contribution in [0, 0.1) is 0 Å². The number of thioether (sulfide) groups is 1. The van der Waals surface area contributed by atoms with Gasteiger partial charge >= 0.3 is 5.51 Å². The Morgan fingerprint density at radius 2 is 2.13 bits per heavy atom. The summed E-state index contributed by atoms with van der Waals surface area (Å²) in [4.78, 5) is 10.2. The molecule has 0 spiro atoms. The van der Waals surface area contributed by atoms with Gasteiger partial charge in [0, 0.05) is 17.0 Å². The molecule has 0 heterocycles. The lowest BCUT2D eigenvalue weighted by atomic mass is 10.3. The smallest absolute Gasteiger partial charge is 0.332 e. The quantitative estimate of drug-likeness (QED) is 0.762. The highest BCUT2D eigenvalue weighted by atomic mass is 32.2. The van der Waals surface area contributed by atoms with E-state index in [2.05, 4.69) is 5.32 Å². The number of nitrogens with one attached hydrogen (secondary N) is 1. The summed E-state index contributed by atoms with van der Waals surface area (Å²) in [7, 11) is 0. The van der Waals surface area contributed by atoms with E-state index in [0.29, 0.717) is 18.5 Å². The number of amides is 1. The second-order valence-electron chi connectivity index (χ2n) is 2.68. The van der Waals surface area contributed by atoms with Gasteiger partial charge in [0.05, 0.1) is 0 Å². The zero-order valence-corrected chi connectivity index (χ0v) is 8.36. The van der Waals surface area contributed by atoms with Crippen molar-refractivity contribution in [3.63, 3.8) is 0 Å². The van der Waals surface area contributed by atoms with Gasteiger partial charge in [-0.2, -0.15) is 13.2 Å². The number of allylic oxidation sites excluding steroid dienone is 4. The standard InChI is InChI=1S/C9H8F3NOS/c10-9(11,12)15-8-3-1-2-7(4-5-8)13-6-14/h1,3-6H,2H2,(H,13,14). The van der Waals surface area contributed by atoms with Crippen LogP contribution in [0.25, 0.3) is 0 Å². The Bertz CT molecular complexity index is 331. The molecule has 1 aliphatic carbocycles. The van der Waals surface area contributed by atoms with E-state index in [0.717, 1.165) is 0 Å². The number of carbonyl (C=O) groups is 1. The summed E-state index contributed by atoms with van der Waals surface area (Å²) in [6.45, 7) is 0. The molecular weight excluding hydrogens is 227 g/mol. The maximum absolute atomic E-state index is 12.0. The number of hydrogen-bond donors (Lipinski definition) is 1. The molecule has 0 saturated carbocycles. The van der Waals surface area contributed by atoms with Gasteiger partial charge in [-0.15, -0.1) is 0 Å². The highest BCUT2D eigenvalue weighted by molar-refractivity contribution is 8.04. The van der Waals surface area contributed by atoms with Crippen LogP contribution in [-0.4, -0.2) is 11.9 Å². The molecule has 0 fully saturated rings. The van der Waals surface area contributed by atoms with E-state index in [1.54, 1.807) is 6.08 Å². The van der Waals surface area contributed by atoms with Crippen LogP contribution in [0.2, 0.25) is 0 Å². The molecule has 0 radical (unpaired) electrons. The minimum Gasteiger partial charge on any atom is -0.332 e. The van der Waals surface area contributed by atoms with Crippen LogP contribution < -0.4 is 5.32 Å². The minimum absolute atomic E-state index is 0.102. The Labute approximate surface area is 88.9 Å². The van der Waals surface area contributed by atoms with Crippen molar-refractivity contribution >= 4 is 18.2 Å². The average Bonchev–Trinajstić information content (AvgIpc) is 2.29. The third-order valence-electron chi connectivity index (χ3n) is 1.55. The van der Waals surface area contributed by atoms with Crippen molar-refractivity contribution in [1.82, 2.24) is 5.32 Å². The topological polar surface area (TPSA) is 29.1 Å². The average molecular weight is 235 g/mol. The molecule has 0 aromatic carbocycles. The van der Waals surface area contributed by atoms with Crippen LogP contribution in [0.5, 0.6) is 0 Å². The fourth-order valence-electron chi connectivity index (χ4n) is 0.993. The molecule has 0 bridgehead atoms. The molecule has 0 aliphatic heterocycles. The van der Waals surface area contributed by atoms with Crippen LogP contribution in [-0.2, 0) is 4.79 Å². The van der Waals surface area contributed by atoms with E-state index in [9.17, 15) is 18.0 Å². The molecule has 0 unspecified atom stereocenters. The third-order valence-corrected chi connectivity index (χ3v) is 2.29. The third kappa shape index (κ3) is 4.73. The molecule has 0 atom stereocenters. The van der Waals surface area contributed by atoms with Crippen LogP contribution in [0.3, 0.4) is 0 Å². The van der Waals surface area contributed by atoms with Gasteiger partial charge in [0.15, 0.2) is 0 Å². The minimum atomic E-state index is -4.29. The van der Waals surface area contributed by atoms with Crippen molar-refractivity contribution in [2.75, 3.05) is 0 Å². The summed E-state index contributed by atoms with van der Waals surface area (Å²) in [5, 5.41) is 2.40. The van der Waals surface area contributed by atoms with Gasteiger partial charge in [0.25, 0.3) is 0 Å². The van der Waals surface area contributed by atoms with Gasteiger partial charge in [-0.25, -0.2) is 0 Å². The van der Waals surface area contributed by atoms with Gasteiger partial charge in [0.2, 0.25) is 6.41 Å². The Kier molecular flexibility index (Phi) is 4.02. The van der Waals surface area contributed by atoms with Crippen LogP contribution in [0.15, 0.2) is 34.9 Å². The molecule has 6 heteroatoms. The lowest BCUT2D eigenvalue weighted by Gasteiger charge is -2.04. The SMILES string of the molecule is O=CNC1=CC=C(SC(F)(F)F)C=CC1. The fraction of sp³-hybridized carbons (Fsp3) is 0.222. The molecule has 1 N–H and O–H groups in total. The highest BCUT2D eigenvalue weighted by Crippen LogP contribution is 2.37. The molecule has 1 rings (SSSR count). The van der Waals surface area contributed by atoms with Crippen LogP contribution >= 0.6 is 11.8 Å². The number of carbonyl (C=O) groups excluding carboxylic acids is 1. The molecule has 1 amide bonds. The predicted molar refractivity (Wildman–Crippen MR) is 52.8 cm³/mol. The van der Waals surface area contributed by atoms with Crippen molar-refractivity contribution in [3.05, 3.63) is 34.9 Å². The molecule has 2 nitrogen and oxygen atoms in total. The lowest BCUT2D eigenvalue weighted by molar-refractivity contribution is -0.108. The number of hydrogen-bond acceptors (Lipinski definition) is 2. The second-order valence-corrected chi connectivity index (χ2v) is 3.82. The first-order valence-corrected chi connectivity index (χ1v) is 4.86. The zero-order chi connectivity index (χ0) is 11.3. The summed E-state index contributed by atoms with van der Waals surface area (Å²) in [6.07, 6.45) is 6.65. The fourth-order valence-corrected chi connectivity index (χ4v) is 1.56. The van der Waals surface area contributed by atoms with Crippen molar-refractivity contribution in [3.8, 4) is 0 Å². The van der Waals surface area contributed by atoms with E-state index in [1.807, 2.05) is 0 Å². The molecular formula is C9H8F3NOS. The summed E-state index contributed by atoms with van der Waals surface area (Å²) in [6, 6.07) is 0. The van der Waals surface area contributed by atoms with E-state index in [4.69, 9.17) is 0 Å². The molecule has 0 aromatic heterocycles. The van der Waals surface area contributed by atoms with Gasteiger partial charge in [0.1, 0.15) is 0 Å². The van der Waals surface area contributed by atoms with Crippen molar-refractivity contribution < 1.29 is 18.0 Å². The number of halogens is 3. The molecule has 0 saturated heterocycles. The highest BCUT2D eigenvalue weighted by Gasteiger charge is 2.29. The van der Waals surface area contributed by atoms with Crippen molar-refractivity contribution in [2.24, 2.45) is 0 Å². The summed E-state index contributed by atoms with van der Waals surface area (Å²) >= 11 is -0.175. The monoisotopic (exact) mass is 235 g/mol. The van der Waals surface area contributed by atoms with E-state index < -0.39 is 5.51 Å². The van der Waals surface area contributed by atoms with Gasteiger partial charge < -0.3 is 5.32 Å². The Morgan fingerprint density at radius 3 is 2.73 bits per heavy atom. The second kappa shape index (κ2) is 5.06. The number of rotatable bonds is 3.